The molecule has 0 aliphatic carbocycles. The highest BCUT2D eigenvalue weighted by Crippen LogP contribution is 2.13. The zero-order valence-electron chi connectivity index (χ0n) is 11.7. The van der Waals surface area contributed by atoms with Gasteiger partial charge in [-0.1, -0.05) is 50.1 Å². The third-order valence-electron chi connectivity index (χ3n) is 2.85. The van der Waals surface area contributed by atoms with Gasteiger partial charge in [-0.05, 0) is 17.7 Å². The highest BCUT2D eigenvalue weighted by molar-refractivity contribution is 7.98. The standard InChI is InChI=1S/C16H23NOS/c1-2-3-7-11-17-16(13-18)10-12-19-14-15-8-5-4-6-9-15/h4-6,8-9,17H,2-3,7,10-12,14H2,1H3. The molecule has 0 radical (unpaired) electrons. The van der Waals surface area contributed by atoms with Crippen LogP contribution in [0.25, 0.3) is 0 Å². The quantitative estimate of drug-likeness (QED) is 0.521. The van der Waals surface area contributed by atoms with E-state index in [0.717, 1.165) is 36.6 Å². The Morgan fingerprint density at radius 1 is 1.26 bits per heavy atom. The van der Waals surface area contributed by atoms with Gasteiger partial charge in [-0.2, -0.15) is 11.8 Å². The first-order chi connectivity index (χ1) is 9.36. The Labute approximate surface area is 120 Å². The fourth-order valence-corrected chi connectivity index (χ4v) is 2.65. The van der Waals surface area contributed by atoms with E-state index in [1.807, 2.05) is 23.8 Å². The second kappa shape index (κ2) is 10.7. The SMILES string of the molecule is CCCCCNC(=C=O)CCSCc1ccccc1. The van der Waals surface area contributed by atoms with Gasteiger partial charge in [0.15, 0.2) is 0 Å². The van der Waals surface area contributed by atoms with Crippen LogP contribution < -0.4 is 5.32 Å². The van der Waals surface area contributed by atoms with Crippen molar-refractivity contribution in [3.63, 3.8) is 0 Å². The molecule has 19 heavy (non-hydrogen) atoms. The Balaban J connectivity index is 2.11. The van der Waals surface area contributed by atoms with Gasteiger partial charge in [-0.3, -0.25) is 0 Å². The fourth-order valence-electron chi connectivity index (χ4n) is 1.73. The second-order valence-electron chi connectivity index (χ2n) is 4.50. The lowest BCUT2D eigenvalue weighted by Gasteiger charge is -2.07. The summed E-state index contributed by atoms with van der Waals surface area (Å²) in [7, 11) is 0. The third kappa shape index (κ3) is 7.76. The predicted octanol–water partition coefficient (Wildman–Crippen LogP) is 3.81. The van der Waals surface area contributed by atoms with Crippen molar-refractivity contribution in [1.82, 2.24) is 5.32 Å². The van der Waals surface area contributed by atoms with Gasteiger partial charge >= 0.3 is 0 Å². The Hall–Kier alpha value is -1.18. The molecule has 0 bridgehead atoms. The molecule has 0 aliphatic heterocycles. The van der Waals surface area contributed by atoms with Gasteiger partial charge in [-0.25, -0.2) is 4.79 Å². The summed E-state index contributed by atoms with van der Waals surface area (Å²) in [4.78, 5) is 10.8. The molecule has 0 aliphatic rings. The Bertz CT molecular complexity index is 385. The van der Waals surface area contributed by atoms with Crippen LogP contribution in [0.3, 0.4) is 0 Å². The van der Waals surface area contributed by atoms with Gasteiger partial charge < -0.3 is 5.32 Å². The van der Waals surface area contributed by atoms with Gasteiger partial charge in [0.2, 0.25) is 0 Å². The number of carbonyl (C=O) groups excluding carboxylic acids is 1. The largest absolute Gasteiger partial charge is 0.379 e. The molecule has 104 valence electrons. The molecule has 3 heteroatoms. The molecule has 0 unspecified atom stereocenters. The molecule has 0 aromatic heterocycles. The minimum atomic E-state index is 0.719. The summed E-state index contributed by atoms with van der Waals surface area (Å²) in [5.74, 6) is 3.98. The number of hydrogen-bond donors (Lipinski definition) is 1. The first-order valence-electron chi connectivity index (χ1n) is 6.96. The molecule has 1 aromatic rings. The number of benzene rings is 1. The van der Waals surface area contributed by atoms with Crippen LogP contribution in [0.15, 0.2) is 36.0 Å². The summed E-state index contributed by atoms with van der Waals surface area (Å²) in [6.07, 6.45) is 4.32. The normalized spacial score (nSPS) is 9.95. The molecule has 0 atom stereocenters. The minimum Gasteiger partial charge on any atom is -0.379 e. The highest BCUT2D eigenvalue weighted by Gasteiger charge is 1.99. The number of unbranched alkanes of at least 4 members (excludes halogenated alkanes) is 2. The van der Waals surface area contributed by atoms with Crippen molar-refractivity contribution in [1.29, 1.82) is 0 Å². The topological polar surface area (TPSA) is 29.1 Å². The lowest BCUT2D eigenvalue weighted by atomic mass is 10.2. The zero-order valence-corrected chi connectivity index (χ0v) is 12.5. The minimum absolute atomic E-state index is 0.719. The Morgan fingerprint density at radius 3 is 2.74 bits per heavy atom. The van der Waals surface area contributed by atoms with E-state index >= 15 is 0 Å². The fraction of sp³-hybridized carbons (Fsp3) is 0.500. The molecule has 0 saturated carbocycles. The smallest absolute Gasteiger partial charge is 0.145 e. The summed E-state index contributed by atoms with van der Waals surface area (Å²) >= 11 is 1.85. The van der Waals surface area contributed by atoms with Crippen LogP contribution in [0.5, 0.6) is 0 Å². The molecule has 1 rings (SSSR count). The maximum Gasteiger partial charge on any atom is 0.145 e. The maximum atomic E-state index is 10.8. The van der Waals surface area contributed by atoms with E-state index in [4.69, 9.17) is 0 Å². The van der Waals surface area contributed by atoms with Crippen LogP contribution in [0, 0.1) is 0 Å². The number of nitrogens with one attached hydrogen (secondary N) is 1. The molecule has 1 N–H and O–H groups in total. The van der Waals surface area contributed by atoms with Crippen LogP contribution in [-0.4, -0.2) is 18.2 Å². The summed E-state index contributed by atoms with van der Waals surface area (Å²) in [5, 5.41) is 3.18. The van der Waals surface area contributed by atoms with Crippen LogP contribution >= 0.6 is 11.8 Å². The molecular formula is C16H23NOS. The number of hydrogen-bond acceptors (Lipinski definition) is 3. The second-order valence-corrected chi connectivity index (χ2v) is 5.61. The van der Waals surface area contributed by atoms with Crippen LogP contribution in [0.4, 0.5) is 0 Å². The van der Waals surface area contributed by atoms with E-state index in [0.29, 0.717) is 0 Å². The Morgan fingerprint density at radius 2 is 2.05 bits per heavy atom. The number of thioether (sulfide) groups is 1. The highest BCUT2D eigenvalue weighted by atomic mass is 32.2. The monoisotopic (exact) mass is 277 g/mol. The average molecular weight is 277 g/mol. The van der Waals surface area contributed by atoms with E-state index in [1.54, 1.807) is 0 Å². The van der Waals surface area contributed by atoms with Gasteiger partial charge in [0.05, 0.1) is 5.70 Å². The lowest BCUT2D eigenvalue weighted by molar-refractivity contribution is 0.561. The number of allylic oxidation sites excluding steroid dienone is 1. The molecule has 1 aromatic carbocycles. The molecule has 0 heterocycles. The first-order valence-corrected chi connectivity index (χ1v) is 8.11. The molecular weight excluding hydrogens is 254 g/mol. The van der Waals surface area contributed by atoms with Crippen molar-refractivity contribution in [3.05, 3.63) is 41.6 Å². The maximum absolute atomic E-state index is 10.8. The molecule has 0 saturated heterocycles. The summed E-state index contributed by atoms with van der Waals surface area (Å²) in [6, 6.07) is 10.4. The van der Waals surface area contributed by atoms with E-state index in [1.165, 1.54) is 18.4 Å². The van der Waals surface area contributed by atoms with Crippen molar-refractivity contribution in [3.8, 4) is 0 Å². The summed E-state index contributed by atoms with van der Waals surface area (Å²) in [6.45, 7) is 3.07. The van der Waals surface area contributed by atoms with Gasteiger partial charge in [-0.15, -0.1) is 0 Å². The van der Waals surface area contributed by atoms with Gasteiger partial charge in [0.1, 0.15) is 5.94 Å². The predicted molar refractivity (Wildman–Crippen MR) is 84.0 cm³/mol. The molecule has 0 spiro atoms. The van der Waals surface area contributed by atoms with E-state index in [9.17, 15) is 4.79 Å². The van der Waals surface area contributed by atoms with Gasteiger partial charge in [0, 0.05) is 18.7 Å². The van der Waals surface area contributed by atoms with Crippen LogP contribution in [0.1, 0.15) is 38.2 Å². The lowest BCUT2D eigenvalue weighted by Crippen LogP contribution is -2.16. The van der Waals surface area contributed by atoms with Gasteiger partial charge in [0.25, 0.3) is 0 Å². The first kappa shape index (κ1) is 15.9. The molecule has 2 nitrogen and oxygen atoms in total. The van der Waals surface area contributed by atoms with E-state index < -0.39 is 0 Å². The third-order valence-corrected chi connectivity index (χ3v) is 3.88. The molecule has 0 amide bonds. The van der Waals surface area contributed by atoms with Crippen molar-refractivity contribution < 1.29 is 4.79 Å². The van der Waals surface area contributed by atoms with Crippen molar-refractivity contribution in [2.24, 2.45) is 0 Å². The van der Waals surface area contributed by atoms with Crippen molar-refractivity contribution in [2.45, 2.75) is 38.4 Å². The molecule has 0 fully saturated rings. The van der Waals surface area contributed by atoms with Crippen molar-refractivity contribution >= 4 is 17.7 Å². The zero-order chi connectivity index (χ0) is 13.8. The summed E-state index contributed by atoms with van der Waals surface area (Å²) < 4.78 is 0. The summed E-state index contributed by atoms with van der Waals surface area (Å²) in [5.41, 5.74) is 2.05. The van der Waals surface area contributed by atoms with Crippen LogP contribution in [0.2, 0.25) is 0 Å². The number of rotatable bonds is 10. The average Bonchev–Trinajstić information content (AvgIpc) is 2.46. The Kier molecular flexibility index (Phi) is 8.95. The van der Waals surface area contributed by atoms with E-state index in [-0.39, 0.29) is 0 Å². The van der Waals surface area contributed by atoms with Crippen LogP contribution in [-0.2, 0) is 10.5 Å². The van der Waals surface area contributed by atoms with Crippen molar-refractivity contribution in [2.75, 3.05) is 12.3 Å². The van der Waals surface area contributed by atoms with E-state index in [2.05, 4.69) is 36.5 Å².